The van der Waals surface area contributed by atoms with Crippen LogP contribution in [-0.2, 0) is 9.59 Å². The van der Waals surface area contributed by atoms with Crippen molar-refractivity contribution in [3.8, 4) is 0 Å². The Morgan fingerprint density at radius 3 is 2.25 bits per heavy atom. The second-order valence-electron chi connectivity index (χ2n) is 3.20. The van der Waals surface area contributed by atoms with E-state index in [-0.39, 0.29) is 11.8 Å². The highest BCUT2D eigenvalue weighted by Gasteiger charge is 2.18. The highest BCUT2D eigenvalue weighted by Crippen LogP contribution is 1.97. The molecular formula is C8H16N2O2. The fourth-order valence-corrected chi connectivity index (χ4v) is 0.657. The van der Waals surface area contributed by atoms with Crippen LogP contribution in [0.25, 0.3) is 0 Å². The standard InChI is InChI=1S/C8H16N2O2/c1-5(2)7(9)8(12)10-6(3)4-11/h4-7H,9H2,1-3H3,(H,10,12). The smallest absolute Gasteiger partial charge is 0.237 e. The number of nitrogens with two attached hydrogens (primary N) is 1. The van der Waals surface area contributed by atoms with E-state index in [9.17, 15) is 9.59 Å². The zero-order chi connectivity index (χ0) is 9.72. The number of hydrogen-bond donors (Lipinski definition) is 2. The van der Waals surface area contributed by atoms with Crippen LogP contribution in [0, 0.1) is 5.92 Å². The summed E-state index contributed by atoms with van der Waals surface area (Å²) in [6.45, 7) is 5.32. The average Bonchev–Trinajstić information content (AvgIpc) is 2.02. The summed E-state index contributed by atoms with van der Waals surface area (Å²) >= 11 is 0. The number of rotatable bonds is 4. The van der Waals surface area contributed by atoms with E-state index in [1.54, 1.807) is 6.92 Å². The third-order valence-electron chi connectivity index (χ3n) is 1.60. The molecule has 4 nitrogen and oxygen atoms in total. The molecule has 0 saturated carbocycles. The van der Waals surface area contributed by atoms with E-state index < -0.39 is 12.1 Å². The normalized spacial score (nSPS) is 15.4. The van der Waals surface area contributed by atoms with Gasteiger partial charge in [-0.25, -0.2) is 0 Å². The molecule has 0 bridgehead atoms. The molecule has 2 unspecified atom stereocenters. The molecule has 0 aromatic carbocycles. The summed E-state index contributed by atoms with van der Waals surface area (Å²) in [5.41, 5.74) is 5.54. The first-order valence-electron chi connectivity index (χ1n) is 4.00. The van der Waals surface area contributed by atoms with E-state index in [0.717, 1.165) is 0 Å². The molecule has 0 spiro atoms. The molecule has 2 atom stereocenters. The fraction of sp³-hybridized carbons (Fsp3) is 0.750. The topological polar surface area (TPSA) is 72.2 Å². The second kappa shape index (κ2) is 4.87. The van der Waals surface area contributed by atoms with E-state index in [4.69, 9.17) is 5.73 Å². The molecule has 0 fully saturated rings. The second-order valence-corrected chi connectivity index (χ2v) is 3.20. The summed E-state index contributed by atoms with van der Waals surface area (Å²) in [7, 11) is 0. The van der Waals surface area contributed by atoms with Crippen LogP contribution < -0.4 is 11.1 Å². The lowest BCUT2D eigenvalue weighted by atomic mass is 10.0. The van der Waals surface area contributed by atoms with Gasteiger partial charge in [0.15, 0.2) is 0 Å². The van der Waals surface area contributed by atoms with E-state index in [1.807, 2.05) is 13.8 Å². The lowest BCUT2D eigenvalue weighted by Crippen LogP contribution is -2.47. The average molecular weight is 172 g/mol. The van der Waals surface area contributed by atoms with Crippen molar-refractivity contribution in [3.63, 3.8) is 0 Å². The van der Waals surface area contributed by atoms with Crippen LogP contribution in [0.1, 0.15) is 20.8 Å². The van der Waals surface area contributed by atoms with Gasteiger partial charge in [-0.05, 0) is 12.8 Å². The molecule has 0 aromatic rings. The third-order valence-corrected chi connectivity index (χ3v) is 1.60. The molecule has 0 saturated heterocycles. The Hall–Kier alpha value is -0.900. The molecule has 0 aliphatic carbocycles. The van der Waals surface area contributed by atoms with Crippen molar-refractivity contribution in [3.05, 3.63) is 0 Å². The Labute approximate surface area is 72.5 Å². The van der Waals surface area contributed by atoms with Crippen molar-refractivity contribution in [2.24, 2.45) is 11.7 Å². The van der Waals surface area contributed by atoms with Crippen LogP contribution in [-0.4, -0.2) is 24.3 Å². The van der Waals surface area contributed by atoms with Gasteiger partial charge in [0.1, 0.15) is 6.29 Å². The molecule has 0 radical (unpaired) electrons. The van der Waals surface area contributed by atoms with Crippen molar-refractivity contribution < 1.29 is 9.59 Å². The monoisotopic (exact) mass is 172 g/mol. The number of nitrogens with one attached hydrogen (secondary N) is 1. The van der Waals surface area contributed by atoms with Crippen LogP contribution in [0.15, 0.2) is 0 Å². The molecule has 12 heavy (non-hydrogen) atoms. The summed E-state index contributed by atoms with van der Waals surface area (Å²) < 4.78 is 0. The quantitative estimate of drug-likeness (QED) is 0.570. The Balaban J connectivity index is 3.95. The van der Waals surface area contributed by atoms with Crippen molar-refractivity contribution in [2.75, 3.05) is 0 Å². The van der Waals surface area contributed by atoms with E-state index in [0.29, 0.717) is 6.29 Å². The van der Waals surface area contributed by atoms with Crippen molar-refractivity contribution in [1.82, 2.24) is 5.32 Å². The van der Waals surface area contributed by atoms with Gasteiger partial charge in [-0.15, -0.1) is 0 Å². The first-order chi connectivity index (χ1) is 5.49. The maximum atomic E-state index is 11.2. The van der Waals surface area contributed by atoms with Gasteiger partial charge in [-0.2, -0.15) is 0 Å². The zero-order valence-electron chi connectivity index (χ0n) is 7.70. The zero-order valence-corrected chi connectivity index (χ0v) is 7.70. The number of hydrogen-bond acceptors (Lipinski definition) is 3. The van der Waals surface area contributed by atoms with E-state index >= 15 is 0 Å². The summed E-state index contributed by atoms with van der Waals surface area (Å²) in [5.74, 6) is -0.187. The van der Waals surface area contributed by atoms with Gasteiger partial charge >= 0.3 is 0 Å². The summed E-state index contributed by atoms with van der Waals surface area (Å²) in [6, 6.07) is -0.991. The first kappa shape index (κ1) is 11.1. The third kappa shape index (κ3) is 3.48. The summed E-state index contributed by atoms with van der Waals surface area (Å²) in [6.07, 6.45) is 0.672. The van der Waals surface area contributed by atoms with Crippen molar-refractivity contribution in [2.45, 2.75) is 32.9 Å². The van der Waals surface area contributed by atoms with Gasteiger partial charge < -0.3 is 15.8 Å². The number of aldehydes is 1. The minimum absolute atomic E-state index is 0.0869. The fourth-order valence-electron chi connectivity index (χ4n) is 0.657. The van der Waals surface area contributed by atoms with Crippen LogP contribution in [0.4, 0.5) is 0 Å². The molecular weight excluding hydrogens is 156 g/mol. The van der Waals surface area contributed by atoms with Crippen molar-refractivity contribution in [1.29, 1.82) is 0 Å². The largest absolute Gasteiger partial charge is 0.346 e. The van der Waals surface area contributed by atoms with Gasteiger partial charge in [0.05, 0.1) is 12.1 Å². The maximum absolute atomic E-state index is 11.2. The summed E-state index contributed by atoms with van der Waals surface area (Å²) in [4.78, 5) is 21.3. The minimum Gasteiger partial charge on any atom is -0.346 e. The van der Waals surface area contributed by atoms with Crippen LogP contribution in [0.2, 0.25) is 0 Å². The van der Waals surface area contributed by atoms with Crippen molar-refractivity contribution >= 4 is 12.2 Å². The van der Waals surface area contributed by atoms with Gasteiger partial charge in [0, 0.05) is 0 Å². The highest BCUT2D eigenvalue weighted by atomic mass is 16.2. The molecule has 0 rings (SSSR count). The van der Waals surface area contributed by atoms with Gasteiger partial charge in [0.25, 0.3) is 0 Å². The summed E-state index contributed by atoms with van der Waals surface area (Å²) in [5, 5.41) is 2.48. The SMILES string of the molecule is CC(C=O)NC(=O)C(N)C(C)C. The van der Waals surface area contributed by atoms with Crippen LogP contribution in [0.5, 0.6) is 0 Å². The highest BCUT2D eigenvalue weighted by molar-refractivity contribution is 5.84. The van der Waals surface area contributed by atoms with Crippen LogP contribution in [0.3, 0.4) is 0 Å². The number of carbonyl (C=O) groups is 2. The number of carbonyl (C=O) groups excluding carboxylic acids is 2. The predicted molar refractivity (Wildman–Crippen MR) is 46.5 cm³/mol. The first-order valence-corrected chi connectivity index (χ1v) is 4.00. The van der Waals surface area contributed by atoms with E-state index in [2.05, 4.69) is 5.32 Å². The lowest BCUT2D eigenvalue weighted by Gasteiger charge is -2.16. The van der Waals surface area contributed by atoms with Gasteiger partial charge in [-0.3, -0.25) is 4.79 Å². The maximum Gasteiger partial charge on any atom is 0.237 e. The molecule has 0 aliphatic heterocycles. The van der Waals surface area contributed by atoms with Gasteiger partial charge in [-0.1, -0.05) is 13.8 Å². The van der Waals surface area contributed by atoms with Gasteiger partial charge in [0.2, 0.25) is 5.91 Å². The molecule has 0 aliphatic rings. The van der Waals surface area contributed by atoms with Crippen LogP contribution >= 0.6 is 0 Å². The van der Waals surface area contributed by atoms with E-state index in [1.165, 1.54) is 0 Å². The molecule has 4 heteroatoms. The Kier molecular flexibility index (Phi) is 4.51. The molecule has 70 valence electrons. The number of amides is 1. The molecule has 0 aromatic heterocycles. The Morgan fingerprint density at radius 2 is 1.92 bits per heavy atom. The molecule has 0 heterocycles. The predicted octanol–water partition coefficient (Wildman–Crippen LogP) is -0.327. The molecule has 3 N–H and O–H groups in total. The minimum atomic E-state index is -0.535. The molecule has 1 amide bonds. The Morgan fingerprint density at radius 1 is 1.42 bits per heavy atom. The Bertz CT molecular complexity index is 168. The lowest BCUT2D eigenvalue weighted by molar-refractivity contribution is -0.125.